The second-order valence-electron chi connectivity index (χ2n) is 9.39. The Morgan fingerprint density at radius 2 is 1.39 bits per heavy atom. The Morgan fingerprint density at radius 3 is 2.25 bits per heavy atom. The summed E-state index contributed by atoms with van der Waals surface area (Å²) in [5.74, 6) is 0. The summed E-state index contributed by atoms with van der Waals surface area (Å²) in [6, 6.07) is 22.9. The third-order valence-corrected chi connectivity index (χ3v) is 7.48. The molecule has 0 unspecified atom stereocenters. The van der Waals surface area contributed by atoms with E-state index in [1.165, 1.54) is 57.2 Å². The zero-order valence-electron chi connectivity index (χ0n) is 16.4. The molecule has 3 aliphatic carbocycles. The summed E-state index contributed by atoms with van der Waals surface area (Å²) in [7, 11) is 0. The molecular formula is C28H22. The molecule has 134 valence electrons. The van der Waals surface area contributed by atoms with Crippen LogP contribution < -0.4 is 0 Å². The number of benzene rings is 4. The summed E-state index contributed by atoms with van der Waals surface area (Å²) in [5.41, 5.74) is 15.3. The molecule has 4 aromatic rings. The highest BCUT2D eigenvalue weighted by atomic mass is 14.4. The van der Waals surface area contributed by atoms with Crippen molar-refractivity contribution < 1.29 is 0 Å². The molecule has 4 aromatic carbocycles. The van der Waals surface area contributed by atoms with E-state index in [1.807, 2.05) is 0 Å². The minimum absolute atomic E-state index is 0.227. The lowest BCUT2D eigenvalue weighted by atomic mass is 9.68. The summed E-state index contributed by atoms with van der Waals surface area (Å²) in [6.07, 6.45) is 3.51. The molecule has 0 aromatic heterocycles. The maximum atomic E-state index is 2.46. The molecular weight excluding hydrogens is 336 g/mol. The molecule has 0 heteroatoms. The Labute approximate surface area is 165 Å². The molecule has 0 saturated heterocycles. The Kier molecular flexibility index (Phi) is 2.57. The third kappa shape index (κ3) is 1.60. The van der Waals surface area contributed by atoms with Crippen LogP contribution in [0.5, 0.6) is 0 Å². The molecule has 0 heterocycles. The van der Waals surface area contributed by atoms with Crippen molar-refractivity contribution in [3.05, 3.63) is 82.9 Å². The SMILES string of the molecule is CC1(C)CCc2ccc3c4c(c5c(c1c24)Cc1ccccc1-5)-c1ccccc1-3. The van der Waals surface area contributed by atoms with Crippen LogP contribution in [0.25, 0.3) is 44.2 Å². The monoisotopic (exact) mass is 358 g/mol. The van der Waals surface area contributed by atoms with Crippen molar-refractivity contribution in [2.75, 3.05) is 0 Å². The van der Waals surface area contributed by atoms with Crippen LogP contribution in [-0.4, -0.2) is 0 Å². The second kappa shape index (κ2) is 4.75. The highest BCUT2D eigenvalue weighted by molar-refractivity contribution is 6.22. The van der Waals surface area contributed by atoms with E-state index in [1.54, 1.807) is 22.1 Å². The standard InChI is InChI=1S/C28H22/c1-28(2)14-13-16-11-12-21-19-9-5-6-10-20(19)26-24-18-8-4-3-7-17(18)15-22(24)27(28)23(16)25(21)26/h3-12H,13-15H2,1-2H3. The summed E-state index contributed by atoms with van der Waals surface area (Å²) >= 11 is 0. The highest BCUT2D eigenvalue weighted by Gasteiger charge is 2.39. The van der Waals surface area contributed by atoms with Crippen molar-refractivity contribution in [2.45, 2.75) is 38.5 Å². The molecule has 3 aliphatic rings. The van der Waals surface area contributed by atoms with Gasteiger partial charge in [0.15, 0.2) is 0 Å². The van der Waals surface area contributed by atoms with Crippen LogP contribution in [0.4, 0.5) is 0 Å². The lowest BCUT2D eigenvalue weighted by Gasteiger charge is -2.35. The number of fused-ring (bicyclic) bond motifs is 8. The Hall–Kier alpha value is -2.86. The zero-order chi connectivity index (χ0) is 18.6. The van der Waals surface area contributed by atoms with Gasteiger partial charge in [-0.05, 0) is 91.1 Å². The number of aryl methyl sites for hydroxylation is 1. The van der Waals surface area contributed by atoms with Crippen LogP contribution in [0.2, 0.25) is 0 Å². The van der Waals surface area contributed by atoms with Gasteiger partial charge in [-0.15, -0.1) is 0 Å². The van der Waals surface area contributed by atoms with E-state index in [4.69, 9.17) is 0 Å². The average molecular weight is 358 g/mol. The Balaban J connectivity index is 1.79. The first-order chi connectivity index (χ1) is 13.6. The van der Waals surface area contributed by atoms with E-state index < -0.39 is 0 Å². The molecule has 0 radical (unpaired) electrons. The van der Waals surface area contributed by atoms with E-state index in [9.17, 15) is 0 Å². The van der Waals surface area contributed by atoms with Crippen LogP contribution in [0.1, 0.15) is 42.5 Å². The van der Waals surface area contributed by atoms with Gasteiger partial charge in [0.1, 0.15) is 0 Å². The van der Waals surface area contributed by atoms with Crippen LogP contribution in [0.3, 0.4) is 0 Å². The summed E-state index contributed by atoms with van der Waals surface area (Å²) in [4.78, 5) is 0. The van der Waals surface area contributed by atoms with E-state index >= 15 is 0 Å². The Morgan fingerprint density at radius 1 is 0.643 bits per heavy atom. The molecule has 28 heavy (non-hydrogen) atoms. The van der Waals surface area contributed by atoms with Gasteiger partial charge >= 0.3 is 0 Å². The van der Waals surface area contributed by atoms with Gasteiger partial charge in [0.05, 0.1) is 0 Å². The van der Waals surface area contributed by atoms with E-state index in [2.05, 4.69) is 74.5 Å². The molecule has 7 rings (SSSR count). The predicted molar refractivity (Wildman–Crippen MR) is 118 cm³/mol. The first-order valence-electron chi connectivity index (χ1n) is 10.5. The van der Waals surface area contributed by atoms with E-state index in [0.717, 1.165) is 6.42 Å². The van der Waals surface area contributed by atoms with E-state index in [0.29, 0.717) is 0 Å². The first-order valence-corrected chi connectivity index (χ1v) is 10.5. The van der Waals surface area contributed by atoms with Crippen LogP contribution in [0.15, 0.2) is 60.7 Å². The fourth-order valence-corrected chi connectivity index (χ4v) is 6.28. The zero-order valence-corrected chi connectivity index (χ0v) is 16.4. The van der Waals surface area contributed by atoms with Gasteiger partial charge in [0.25, 0.3) is 0 Å². The fourth-order valence-electron chi connectivity index (χ4n) is 6.28. The summed E-state index contributed by atoms with van der Waals surface area (Å²) in [6.45, 7) is 4.93. The van der Waals surface area contributed by atoms with Crippen molar-refractivity contribution in [2.24, 2.45) is 0 Å². The van der Waals surface area contributed by atoms with Crippen LogP contribution in [0, 0.1) is 0 Å². The van der Waals surface area contributed by atoms with Crippen LogP contribution in [-0.2, 0) is 18.3 Å². The molecule has 0 bridgehead atoms. The van der Waals surface area contributed by atoms with E-state index in [-0.39, 0.29) is 5.41 Å². The quantitative estimate of drug-likeness (QED) is 0.267. The van der Waals surface area contributed by atoms with Gasteiger partial charge in [0.2, 0.25) is 0 Å². The molecule has 0 spiro atoms. The third-order valence-electron chi connectivity index (χ3n) is 7.48. The van der Waals surface area contributed by atoms with Crippen molar-refractivity contribution in [3.8, 4) is 33.4 Å². The molecule has 0 amide bonds. The fraction of sp³-hybridized carbons (Fsp3) is 0.214. The molecule has 0 saturated carbocycles. The summed E-state index contributed by atoms with van der Waals surface area (Å²) in [5, 5.41) is 3.10. The first kappa shape index (κ1) is 15.1. The molecule has 0 nitrogen and oxygen atoms in total. The average Bonchev–Trinajstić information content (AvgIpc) is 3.24. The van der Waals surface area contributed by atoms with Gasteiger partial charge in [-0.2, -0.15) is 0 Å². The van der Waals surface area contributed by atoms with Gasteiger partial charge < -0.3 is 0 Å². The highest BCUT2D eigenvalue weighted by Crippen LogP contribution is 2.59. The molecule has 0 aliphatic heterocycles. The Bertz CT molecular complexity index is 1350. The molecule has 0 fully saturated rings. The second-order valence-corrected chi connectivity index (χ2v) is 9.39. The maximum absolute atomic E-state index is 2.46. The number of hydrogen-bond acceptors (Lipinski definition) is 0. The predicted octanol–water partition coefficient (Wildman–Crippen LogP) is 7.28. The lowest BCUT2D eigenvalue weighted by Crippen LogP contribution is -2.25. The normalized spacial score (nSPS) is 16.8. The number of rotatable bonds is 0. The largest absolute Gasteiger partial charge is 0.0619 e. The minimum atomic E-state index is 0.227. The lowest BCUT2D eigenvalue weighted by molar-refractivity contribution is 0.471. The smallest absolute Gasteiger partial charge is 0.00101 e. The van der Waals surface area contributed by atoms with Crippen molar-refractivity contribution in [1.29, 1.82) is 0 Å². The van der Waals surface area contributed by atoms with Gasteiger partial charge in [0, 0.05) is 0 Å². The van der Waals surface area contributed by atoms with Gasteiger partial charge in [-0.25, -0.2) is 0 Å². The van der Waals surface area contributed by atoms with Crippen molar-refractivity contribution in [1.82, 2.24) is 0 Å². The molecule has 0 N–H and O–H groups in total. The minimum Gasteiger partial charge on any atom is -0.0619 e. The van der Waals surface area contributed by atoms with Crippen molar-refractivity contribution in [3.63, 3.8) is 0 Å². The summed E-state index contributed by atoms with van der Waals surface area (Å²) < 4.78 is 0. The maximum Gasteiger partial charge on any atom is -0.00101 e. The topological polar surface area (TPSA) is 0 Å². The van der Waals surface area contributed by atoms with Gasteiger partial charge in [-0.1, -0.05) is 74.5 Å². The van der Waals surface area contributed by atoms with Gasteiger partial charge in [-0.3, -0.25) is 0 Å². The van der Waals surface area contributed by atoms with Crippen LogP contribution >= 0.6 is 0 Å². The van der Waals surface area contributed by atoms with Crippen molar-refractivity contribution >= 4 is 10.8 Å². The molecule has 0 atom stereocenters. The number of hydrogen-bond donors (Lipinski definition) is 0.